The lowest BCUT2D eigenvalue weighted by molar-refractivity contribution is -0.427. The SMILES string of the molecule is CCc1cccc(N[N+](=O)c2ccc(O)c(Cc3ccccn3)c2)c1C.NNO. The molecule has 2 aromatic carbocycles. The fraction of sp³-hybridized carbons (Fsp3) is 0.190. The van der Waals surface area contributed by atoms with E-state index < -0.39 is 0 Å². The summed E-state index contributed by atoms with van der Waals surface area (Å²) in [5.41, 5.74) is 9.09. The van der Waals surface area contributed by atoms with Crippen LogP contribution in [0.15, 0.2) is 60.8 Å². The molecule has 0 fully saturated rings. The number of nitrogens with zero attached hydrogens (tertiary/aromatic N) is 2. The summed E-state index contributed by atoms with van der Waals surface area (Å²) < 4.78 is 0. The van der Waals surface area contributed by atoms with Crippen molar-refractivity contribution in [2.45, 2.75) is 26.7 Å². The van der Waals surface area contributed by atoms with Crippen LogP contribution in [0.3, 0.4) is 0 Å². The quantitative estimate of drug-likeness (QED) is 0.245. The molecule has 8 heteroatoms. The molecule has 1 heterocycles. The second-order valence-electron chi connectivity index (χ2n) is 6.29. The van der Waals surface area contributed by atoms with E-state index >= 15 is 0 Å². The van der Waals surface area contributed by atoms with Crippen molar-refractivity contribution in [3.63, 3.8) is 0 Å². The monoisotopic (exact) mass is 396 g/mol. The van der Waals surface area contributed by atoms with Gasteiger partial charge in [-0.25, -0.2) is 5.84 Å². The highest BCUT2D eigenvalue weighted by Crippen LogP contribution is 2.26. The molecule has 0 saturated carbocycles. The number of pyridine rings is 1. The number of hydrogen-bond acceptors (Lipinski definition) is 6. The lowest BCUT2D eigenvalue weighted by Gasteiger charge is -2.08. The van der Waals surface area contributed by atoms with Crippen molar-refractivity contribution in [3.05, 3.63) is 88.1 Å². The first-order valence-corrected chi connectivity index (χ1v) is 9.14. The molecule has 3 rings (SSSR count). The Morgan fingerprint density at radius 2 is 1.86 bits per heavy atom. The average molecular weight is 396 g/mol. The summed E-state index contributed by atoms with van der Waals surface area (Å²) in [5.74, 6) is 4.30. The molecule has 6 N–H and O–H groups in total. The molecule has 0 unspecified atom stereocenters. The van der Waals surface area contributed by atoms with Crippen LogP contribution in [-0.4, -0.2) is 20.2 Å². The van der Waals surface area contributed by atoms with Crippen LogP contribution >= 0.6 is 0 Å². The first-order valence-electron chi connectivity index (χ1n) is 9.14. The number of hydrazine groups is 2. The van der Waals surface area contributed by atoms with Gasteiger partial charge in [0.05, 0.1) is 4.91 Å². The molecule has 0 amide bonds. The molecule has 0 bridgehead atoms. The van der Waals surface area contributed by atoms with Crippen molar-refractivity contribution in [3.8, 4) is 5.75 Å². The van der Waals surface area contributed by atoms with Crippen LogP contribution in [0.5, 0.6) is 5.75 Å². The Morgan fingerprint density at radius 3 is 2.52 bits per heavy atom. The molecular weight excluding hydrogens is 370 g/mol. The molecule has 0 atom stereocenters. The van der Waals surface area contributed by atoms with Gasteiger partial charge in [0, 0.05) is 36.0 Å². The summed E-state index contributed by atoms with van der Waals surface area (Å²) in [6, 6.07) is 16.3. The van der Waals surface area contributed by atoms with E-state index in [-0.39, 0.29) is 5.75 Å². The van der Waals surface area contributed by atoms with Gasteiger partial charge in [-0.05, 0) is 48.7 Å². The van der Waals surface area contributed by atoms with Gasteiger partial charge in [0.25, 0.3) is 5.69 Å². The van der Waals surface area contributed by atoms with E-state index in [9.17, 15) is 10.0 Å². The summed E-state index contributed by atoms with van der Waals surface area (Å²) in [5, 5.41) is 17.2. The number of benzene rings is 2. The number of aryl methyl sites for hydroxylation is 1. The summed E-state index contributed by atoms with van der Waals surface area (Å²) in [6.45, 7) is 4.09. The van der Waals surface area contributed by atoms with Crippen molar-refractivity contribution >= 4 is 11.4 Å². The number of hydrogen-bond donors (Lipinski definition) is 5. The number of nitrogens with two attached hydrogens (primary N) is 1. The Kier molecular flexibility index (Phi) is 8.23. The fourth-order valence-electron chi connectivity index (χ4n) is 2.90. The number of anilines is 1. The molecule has 0 spiro atoms. The van der Waals surface area contributed by atoms with Crippen LogP contribution in [-0.2, 0) is 12.8 Å². The number of nitrogens with one attached hydrogen (secondary N) is 2. The largest absolute Gasteiger partial charge is 0.508 e. The highest BCUT2D eigenvalue weighted by Gasteiger charge is 2.18. The standard InChI is InChI=1S/C21H21N3O2.H4N2O/c1-3-16-7-6-9-20(15(16)2)23-24(26)19-10-11-21(25)17(14-19)13-18-8-4-5-12-22-18;1-2-3/h4-12,14H,3,13H2,1-2H3,(H-,23,25,26);2-3H,1H2/p+1. The zero-order valence-electron chi connectivity index (χ0n) is 16.5. The molecule has 3 aromatic rings. The zero-order chi connectivity index (χ0) is 21.2. The Bertz CT molecular complexity index is 948. The minimum Gasteiger partial charge on any atom is -0.508 e. The van der Waals surface area contributed by atoms with Crippen LogP contribution in [0.1, 0.15) is 29.3 Å². The molecule has 152 valence electrons. The molecule has 0 aliphatic rings. The fourth-order valence-corrected chi connectivity index (χ4v) is 2.90. The van der Waals surface area contributed by atoms with Crippen LogP contribution < -0.4 is 16.9 Å². The maximum absolute atomic E-state index is 12.6. The lowest BCUT2D eigenvalue weighted by atomic mass is 10.1. The van der Waals surface area contributed by atoms with E-state index in [1.807, 2.05) is 37.3 Å². The van der Waals surface area contributed by atoms with Gasteiger partial charge in [-0.1, -0.05) is 25.1 Å². The highest BCUT2D eigenvalue weighted by molar-refractivity contribution is 5.53. The van der Waals surface area contributed by atoms with Gasteiger partial charge in [0.2, 0.25) is 0 Å². The minimum absolute atomic E-state index is 0.150. The Balaban J connectivity index is 0.000000941. The molecule has 8 nitrogen and oxygen atoms in total. The van der Waals surface area contributed by atoms with Gasteiger partial charge < -0.3 is 10.3 Å². The van der Waals surface area contributed by atoms with Crippen molar-refractivity contribution in [2.24, 2.45) is 5.84 Å². The predicted molar refractivity (Wildman–Crippen MR) is 112 cm³/mol. The van der Waals surface area contributed by atoms with E-state index in [4.69, 9.17) is 5.21 Å². The number of phenols is 1. The Labute approximate surface area is 169 Å². The molecule has 0 saturated heterocycles. The van der Waals surface area contributed by atoms with Crippen LogP contribution in [0.2, 0.25) is 0 Å². The van der Waals surface area contributed by atoms with Gasteiger partial charge >= 0.3 is 0 Å². The molecule has 0 radical (unpaired) electrons. The van der Waals surface area contributed by atoms with Gasteiger partial charge in [-0.15, -0.1) is 11.0 Å². The molecule has 0 aliphatic carbocycles. The second kappa shape index (κ2) is 10.9. The van der Waals surface area contributed by atoms with Gasteiger partial charge in [-0.2, -0.15) is 0 Å². The summed E-state index contributed by atoms with van der Waals surface area (Å²) in [4.78, 5) is 17.6. The van der Waals surface area contributed by atoms with Gasteiger partial charge in [0.15, 0.2) is 4.87 Å². The molecule has 1 aromatic heterocycles. The molecular formula is C21H26N5O3+. The molecule has 0 aliphatic heterocycles. The lowest BCUT2D eigenvalue weighted by Crippen LogP contribution is -2.14. The van der Waals surface area contributed by atoms with Crippen LogP contribution in [0.25, 0.3) is 0 Å². The first kappa shape index (κ1) is 22.0. The predicted octanol–water partition coefficient (Wildman–Crippen LogP) is 3.53. The minimum atomic E-state index is 0.150. The summed E-state index contributed by atoms with van der Waals surface area (Å²) >= 11 is 0. The first-order chi connectivity index (χ1) is 14.0. The van der Waals surface area contributed by atoms with Crippen molar-refractivity contribution in [2.75, 3.05) is 5.43 Å². The van der Waals surface area contributed by atoms with Crippen molar-refractivity contribution in [1.29, 1.82) is 0 Å². The number of nitroso groups, excluding NO2 is 1. The van der Waals surface area contributed by atoms with Crippen LogP contribution in [0.4, 0.5) is 11.4 Å². The van der Waals surface area contributed by atoms with E-state index in [1.54, 1.807) is 18.3 Å². The topological polar surface area (TPSA) is 124 Å². The van der Waals surface area contributed by atoms with E-state index in [0.717, 1.165) is 28.2 Å². The second-order valence-corrected chi connectivity index (χ2v) is 6.29. The third-order valence-corrected chi connectivity index (χ3v) is 4.44. The number of phenolic OH excluding ortho intramolecular Hbond substituents is 1. The van der Waals surface area contributed by atoms with E-state index in [0.29, 0.717) is 17.7 Å². The van der Waals surface area contributed by atoms with Crippen LogP contribution in [0, 0.1) is 11.8 Å². The smallest absolute Gasteiger partial charge is 0.292 e. The average Bonchev–Trinajstić information content (AvgIpc) is 2.72. The molecule has 29 heavy (non-hydrogen) atoms. The summed E-state index contributed by atoms with van der Waals surface area (Å²) in [7, 11) is 0. The number of aromatic hydroxyl groups is 1. The van der Waals surface area contributed by atoms with Crippen molar-refractivity contribution < 1.29 is 15.2 Å². The number of aromatic nitrogens is 1. The Hall–Kier alpha value is -3.33. The maximum Gasteiger partial charge on any atom is 0.292 e. The van der Waals surface area contributed by atoms with E-state index in [1.165, 1.54) is 17.2 Å². The third-order valence-electron chi connectivity index (χ3n) is 4.44. The highest BCUT2D eigenvalue weighted by atomic mass is 16.5. The third kappa shape index (κ3) is 6.08. The maximum atomic E-state index is 12.6. The van der Waals surface area contributed by atoms with E-state index in [2.05, 4.69) is 29.2 Å². The summed E-state index contributed by atoms with van der Waals surface area (Å²) in [6.07, 6.45) is 3.08. The normalized spacial score (nSPS) is 10.1. The number of rotatable bonds is 6. The van der Waals surface area contributed by atoms with Crippen molar-refractivity contribution in [1.82, 2.24) is 10.6 Å². The Morgan fingerprint density at radius 1 is 1.10 bits per heavy atom. The van der Waals surface area contributed by atoms with Gasteiger partial charge in [0.1, 0.15) is 11.4 Å². The van der Waals surface area contributed by atoms with Gasteiger partial charge in [-0.3, -0.25) is 4.98 Å². The zero-order valence-corrected chi connectivity index (χ0v) is 16.5.